The van der Waals surface area contributed by atoms with Crippen LogP contribution in [0.25, 0.3) is 0 Å². The van der Waals surface area contributed by atoms with Crippen LogP contribution in [-0.4, -0.2) is 26.0 Å². The van der Waals surface area contributed by atoms with Crippen molar-refractivity contribution in [1.29, 1.82) is 0 Å². The highest BCUT2D eigenvalue weighted by Gasteiger charge is 2.31. The summed E-state index contributed by atoms with van der Waals surface area (Å²) in [6.45, 7) is 0.656. The van der Waals surface area contributed by atoms with Gasteiger partial charge in [0.2, 0.25) is 0 Å². The molecule has 1 heterocycles. The average molecular weight is 311 g/mol. The number of nitrogens with zero attached hydrogens (tertiary/aromatic N) is 1. The average Bonchev–Trinajstić information content (AvgIpc) is 2.28. The molecule has 0 aromatic heterocycles. The van der Waals surface area contributed by atoms with Gasteiger partial charge in [0.05, 0.1) is 16.7 Å². The molecule has 1 aromatic rings. The van der Waals surface area contributed by atoms with E-state index in [1.54, 1.807) is 0 Å². The van der Waals surface area contributed by atoms with E-state index in [4.69, 9.17) is 33.8 Å². The van der Waals surface area contributed by atoms with E-state index in [1.807, 2.05) is 0 Å². The highest BCUT2D eigenvalue weighted by atomic mass is 35.5. The Bertz CT molecular complexity index is 533. The number of hydroxylamine groups is 1. The first-order valence-corrected chi connectivity index (χ1v) is 7.52. The van der Waals surface area contributed by atoms with Gasteiger partial charge in [0.15, 0.2) is 0 Å². The Balaban J connectivity index is 2.47. The maximum atomic E-state index is 12.3. The van der Waals surface area contributed by atoms with Crippen LogP contribution in [-0.2, 0) is 14.9 Å². The summed E-state index contributed by atoms with van der Waals surface area (Å²) in [6.07, 6.45) is 1.57. The third-order valence-electron chi connectivity index (χ3n) is 2.52. The molecule has 1 aromatic carbocycles. The van der Waals surface area contributed by atoms with Gasteiger partial charge < -0.3 is 5.73 Å². The molecule has 0 radical (unpaired) electrons. The van der Waals surface area contributed by atoms with E-state index < -0.39 is 10.0 Å². The largest absolute Gasteiger partial charge is 0.399 e. The van der Waals surface area contributed by atoms with Crippen LogP contribution in [0.1, 0.15) is 12.8 Å². The summed E-state index contributed by atoms with van der Waals surface area (Å²) in [5, 5.41) is -0.0108. The first kappa shape index (κ1) is 13.9. The number of sulfonamides is 1. The van der Waals surface area contributed by atoms with Crippen molar-refractivity contribution in [3.8, 4) is 0 Å². The zero-order valence-electron chi connectivity index (χ0n) is 9.40. The Labute approximate surface area is 115 Å². The standard InChI is InChI=1S/C10H12Cl2N2O3S/c11-8-5-7(13)6-9(12)10(8)18(15,16)14-3-1-2-4-17-14/h5-6H,1-4,13H2. The van der Waals surface area contributed by atoms with Crippen LogP contribution in [0.4, 0.5) is 5.69 Å². The number of nitrogens with two attached hydrogens (primary N) is 1. The molecule has 0 aliphatic carbocycles. The second kappa shape index (κ2) is 5.22. The number of anilines is 1. The van der Waals surface area contributed by atoms with E-state index in [9.17, 15) is 8.42 Å². The van der Waals surface area contributed by atoms with Crippen molar-refractivity contribution < 1.29 is 13.3 Å². The maximum Gasteiger partial charge on any atom is 0.267 e. The van der Waals surface area contributed by atoms with E-state index in [2.05, 4.69) is 0 Å². The van der Waals surface area contributed by atoms with Crippen LogP contribution in [0, 0.1) is 0 Å². The van der Waals surface area contributed by atoms with E-state index in [1.165, 1.54) is 12.1 Å². The zero-order chi connectivity index (χ0) is 13.3. The van der Waals surface area contributed by atoms with Crippen molar-refractivity contribution in [1.82, 2.24) is 4.47 Å². The Hall–Kier alpha value is -0.530. The first-order valence-electron chi connectivity index (χ1n) is 5.33. The summed E-state index contributed by atoms with van der Waals surface area (Å²) >= 11 is 11.8. The minimum atomic E-state index is -3.85. The third kappa shape index (κ3) is 2.57. The molecule has 1 aliphatic heterocycles. The Morgan fingerprint density at radius 3 is 2.33 bits per heavy atom. The smallest absolute Gasteiger partial charge is 0.267 e. The predicted octanol–water partition coefficient (Wildman–Crippen LogP) is 2.29. The van der Waals surface area contributed by atoms with Crippen molar-refractivity contribution >= 4 is 38.9 Å². The van der Waals surface area contributed by atoms with Crippen molar-refractivity contribution in [3.63, 3.8) is 0 Å². The van der Waals surface area contributed by atoms with E-state index in [0.29, 0.717) is 18.8 Å². The quantitative estimate of drug-likeness (QED) is 0.851. The highest BCUT2D eigenvalue weighted by molar-refractivity contribution is 7.89. The molecule has 100 valence electrons. The van der Waals surface area contributed by atoms with Crippen LogP contribution in [0.15, 0.2) is 17.0 Å². The number of hydrogen-bond acceptors (Lipinski definition) is 4. The van der Waals surface area contributed by atoms with Crippen molar-refractivity contribution in [3.05, 3.63) is 22.2 Å². The van der Waals surface area contributed by atoms with Gasteiger partial charge in [0, 0.05) is 12.2 Å². The molecule has 0 unspecified atom stereocenters. The van der Waals surface area contributed by atoms with E-state index in [-0.39, 0.29) is 14.9 Å². The third-order valence-corrected chi connectivity index (χ3v) is 5.12. The molecule has 8 heteroatoms. The van der Waals surface area contributed by atoms with Gasteiger partial charge in [-0.25, -0.2) is 8.42 Å². The number of benzene rings is 1. The second-order valence-electron chi connectivity index (χ2n) is 3.89. The van der Waals surface area contributed by atoms with E-state index >= 15 is 0 Å². The summed E-state index contributed by atoms with van der Waals surface area (Å²) in [7, 11) is -3.85. The molecule has 1 saturated heterocycles. The Kier molecular flexibility index (Phi) is 4.03. The fourth-order valence-corrected chi connectivity index (χ4v) is 4.18. The lowest BCUT2D eigenvalue weighted by Gasteiger charge is -2.26. The monoisotopic (exact) mass is 310 g/mol. The van der Waals surface area contributed by atoms with Gasteiger partial charge in [-0.1, -0.05) is 27.7 Å². The number of nitrogen functional groups attached to an aromatic ring is 1. The number of hydrogen-bond donors (Lipinski definition) is 1. The van der Waals surface area contributed by atoms with E-state index in [0.717, 1.165) is 17.3 Å². The van der Waals surface area contributed by atoms with Crippen LogP contribution < -0.4 is 5.73 Å². The lowest BCUT2D eigenvalue weighted by atomic mass is 10.3. The fourth-order valence-electron chi connectivity index (χ4n) is 1.69. The molecule has 1 aliphatic rings. The Morgan fingerprint density at radius 1 is 1.22 bits per heavy atom. The molecule has 5 nitrogen and oxygen atoms in total. The molecule has 18 heavy (non-hydrogen) atoms. The summed E-state index contributed by atoms with van der Waals surface area (Å²) < 4.78 is 25.6. The van der Waals surface area contributed by atoms with Crippen LogP contribution in [0.5, 0.6) is 0 Å². The van der Waals surface area contributed by atoms with Gasteiger partial charge >= 0.3 is 0 Å². The minimum Gasteiger partial charge on any atom is -0.399 e. The molecule has 0 amide bonds. The number of rotatable bonds is 2. The normalized spacial score (nSPS) is 17.9. The summed E-state index contributed by atoms with van der Waals surface area (Å²) in [4.78, 5) is 4.97. The summed E-state index contributed by atoms with van der Waals surface area (Å²) in [5.74, 6) is 0. The van der Waals surface area contributed by atoms with Gasteiger partial charge in [-0.05, 0) is 25.0 Å². The van der Waals surface area contributed by atoms with Crippen LogP contribution >= 0.6 is 23.2 Å². The van der Waals surface area contributed by atoms with Crippen molar-refractivity contribution in [2.45, 2.75) is 17.7 Å². The lowest BCUT2D eigenvalue weighted by Crippen LogP contribution is -2.36. The van der Waals surface area contributed by atoms with Gasteiger partial charge in [-0.15, -0.1) is 0 Å². The SMILES string of the molecule is Nc1cc(Cl)c(S(=O)(=O)N2CCCCO2)c(Cl)c1. The maximum absolute atomic E-state index is 12.3. The molecule has 0 atom stereocenters. The fraction of sp³-hybridized carbons (Fsp3) is 0.400. The molecule has 0 saturated carbocycles. The predicted molar refractivity (Wildman–Crippen MR) is 70.0 cm³/mol. The van der Waals surface area contributed by atoms with Gasteiger partial charge in [0.1, 0.15) is 4.90 Å². The molecular formula is C10H12Cl2N2O3S. The lowest BCUT2D eigenvalue weighted by molar-refractivity contribution is -0.108. The van der Waals surface area contributed by atoms with Crippen LogP contribution in [0.3, 0.4) is 0 Å². The minimum absolute atomic E-state index is 0.00539. The molecule has 1 fully saturated rings. The molecule has 0 bridgehead atoms. The molecule has 0 spiro atoms. The molecule has 2 N–H and O–H groups in total. The van der Waals surface area contributed by atoms with Gasteiger partial charge in [0.25, 0.3) is 10.0 Å². The zero-order valence-corrected chi connectivity index (χ0v) is 11.7. The van der Waals surface area contributed by atoms with Crippen molar-refractivity contribution in [2.24, 2.45) is 0 Å². The Morgan fingerprint density at radius 2 is 1.83 bits per heavy atom. The molecule has 2 rings (SSSR count). The summed E-state index contributed by atoms with van der Waals surface area (Å²) in [5.41, 5.74) is 5.85. The summed E-state index contributed by atoms with van der Waals surface area (Å²) in [6, 6.07) is 2.70. The first-order chi connectivity index (χ1) is 8.43. The molecular weight excluding hydrogens is 299 g/mol. The highest BCUT2D eigenvalue weighted by Crippen LogP contribution is 2.34. The number of halogens is 2. The van der Waals surface area contributed by atoms with Gasteiger partial charge in [-0.3, -0.25) is 4.84 Å². The van der Waals surface area contributed by atoms with Crippen molar-refractivity contribution in [2.75, 3.05) is 18.9 Å². The second-order valence-corrected chi connectivity index (χ2v) is 6.47. The van der Waals surface area contributed by atoms with Crippen LogP contribution in [0.2, 0.25) is 10.0 Å². The topological polar surface area (TPSA) is 72.6 Å². The van der Waals surface area contributed by atoms with Gasteiger partial charge in [-0.2, -0.15) is 0 Å².